The first-order valence-corrected chi connectivity index (χ1v) is 7.72. The second kappa shape index (κ2) is 6.11. The summed E-state index contributed by atoms with van der Waals surface area (Å²) < 4.78 is 3.03. The zero-order valence-corrected chi connectivity index (χ0v) is 14.5. The van der Waals surface area contributed by atoms with Crippen LogP contribution >= 0.6 is 31.9 Å². The normalized spacial score (nSPS) is 10.9. The molecule has 0 amide bonds. The molecule has 0 unspecified atom stereocenters. The second-order valence-corrected chi connectivity index (χ2v) is 6.53. The Labute approximate surface area is 137 Å². The Morgan fingerprint density at radius 2 is 2.00 bits per heavy atom. The molecule has 0 aliphatic rings. The molecule has 7 heteroatoms. The summed E-state index contributed by atoms with van der Waals surface area (Å²) in [6.07, 6.45) is 1.58. The first-order chi connectivity index (χ1) is 9.81. The van der Waals surface area contributed by atoms with E-state index in [0.29, 0.717) is 11.3 Å². The molecule has 0 spiro atoms. The summed E-state index contributed by atoms with van der Waals surface area (Å²) in [5.41, 5.74) is 0.0535. The van der Waals surface area contributed by atoms with Crippen molar-refractivity contribution in [1.82, 2.24) is 9.78 Å². The second-order valence-electron chi connectivity index (χ2n) is 4.76. The summed E-state index contributed by atoms with van der Waals surface area (Å²) in [5, 5.41) is 13.1. The Kier molecular flexibility index (Phi) is 4.63. The van der Waals surface area contributed by atoms with E-state index in [1.54, 1.807) is 12.3 Å². The van der Waals surface area contributed by atoms with E-state index in [4.69, 9.17) is 5.11 Å². The van der Waals surface area contributed by atoms with Gasteiger partial charge in [0.05, 0.1) is 5.69 Å². The molecule has 21 heavy (non-hydrogen) atoms. The minimum Gasteiger partial charge on any atom is -0.476 e. The predicted molar refractivity (Wildman–Crippen MR) is 86.3 cm³/mol. The standard InChI is InChI=1S/C14H12Br2N2O3/c1-7(2)9-6-18(17-12(13(9)19)14(20)21)11-4-3-8(15)5-10(11)16/h3-7H,1-2H3,(H,20,21). The number of rotatable bonds is 3. The maximum atomic E-state index is 12.1. The molecule has 0 saturated heterocycles. The topological polar surface area (TPSA) is 72.2 Å². The Balaban J connectivity index is 2.75. The molecule has 2 rings (SSSR count). The van der Waals surface area contributed by atoms with Gasteiger partial charge in [-0.15, -0.1) is 0 Å². The highest BCUT2D eigenvalue weighted by Gasteiger charge is 2.18. The van der Waals surface area contributed by atoms with E-state index >= 15 is 0 Å². The predicted octanol–water partition coefficient (Wildman–Crippen LogP) is 3.58. The number of carboxylic acids is 1. The van der Waals surface area contributed by atoms with E-state index in [1.165, 1.54) is 4.68 Å². The minimum atomic E-state index is -1.33. The molecule has 0 saturated carbocycles. The third-order valence-electron chi connectivity index (χ3n) is 2.93. The number of hydrogen-bond acceptors (Lipinski definition) is 3. The van der Waals surface area contributed by atoms with Gasteiger partial charge >= 0.3 is 5.97 Å². The van der Waals surface area contributed by atoms with Crippen LogP contribution in [0.4, 0.5) is 0 Å². The quantitative estimate of drug-likeness (QED) is 0.831. The van der Waals surface area contributed by atoms with Crippen molar-refractivity contribution in [3.63, 3.8) is 0 Å². The Bertz CT molecular complexity index is 769. The fraction of sp³-hybridized carbons (Fsp3) is 0.214. The van der Waals surface area contributed by atoms with E-state index < -0.39 is 17.1 Å². The number of carboxylic acid groups (broad SMARTS) is 1. The number of benzene rings is 1. The Morgan fingerprint density at radius 1 is 1.33 bits per heavy atom. The summed E-state index contributed by atoms with van der Waals surface area (Å²) in [6, 6.07) is 5.42. The zero-order valence-electron chi connectivity index (χ0n) is 11.3. The van der Waals surface area contributed by atoms with Gasteiger partial charge in [0.2, 0.25) is 11.1 Å². The number of aromatic carboxylic acids is 1. The number of nitrogens with zero attached hydrogens (tertiary/aromatic N) is 2. The lowest BCUT2D eigenvalue weighted by Gasteiger charge is -2.12. The first kappa shape index (κ1) is 15.9. The molecule has 0 radical (unpaired) electrons. The number of halogens is 2. The van der Waals surface area contributed by atoms with E-state index in [0.717, 1.165) is 8.95 Å². The average Bonchev–Trinajstić information content (AvgIpc) is 2.38. The zero-order chi connectivity index (χ0) is 15.7. The van der Waals surface area contributed by atoms with Crippen molar-refractivity contribution in [3.8, 4) is 5.69 Å². The lowest BCUT2D eigenvalue weighted by atomic mass is 10.0. The van der Waals surface area contributed by atoms with Gasteiger partial charge in [-0.05, 0) is 40.0 Å². The summed E-state index contributed by atoms with van der Waals surface area (Å²) >= 11 is 6.76. The fourth-order valence-electron chi connectivity index (χ4n) is 1.85. The molecule has 110 valence electrons. The van der Waals surface area contributed by atoms with Crippen LogP contribution in [-0.2, 0) is 0 Å². The molecular weight excluding hydrogens is 404 g/mol. The van der Waals surface area contributed by atoms with Crippen molar-refractivity contribution in [1.29, 1.82) is 0 Å². The van der Waals surface area contributed by atoms with Crippen LogP contribution in [0, 0.1) is 0 Å². The van der Waals surface area contributed by atoms with Gasteiger partial charge < -0.3 is 5.11 Å². The van der Waals surface area contributed by atoms with E-state index in [9.17, 15) is 9.59 Å². The van der Waals surface area contributed by atoms with Crippen LogP contribution in [0.1, 0.15) is 35.8 Å². The molecule has 5 nitrogen and oxygen atoms in total. The van der Waals surface area contributed by atoms with Crippen molar-refractivity contribution >= 4 is 37.8 Å². The maximum Gasteiger partial charge on any atom is 0.360 e. The van der Waals surface area contributed by atoms with Crippen LogP contribution in [0.15, 0.2) is 38.1 Å². The molecule has 0 atom stereocenters. The van der Waals surface area contributed by atoms with Gasteiger partial charge in [-0.25, -0.2) is 9.48 Å². The van der Waals surface area contributed by atoms with Crippen LogP contribution in [0.5, 0.6) is 0 Å². The average molecular weight is 416 g/mol. The third-order valence-corrected chi connectivity index (χ3v) is 4.06. The fourth-order valence-corrected chi connectivity index (χ4v) is 3.08. The maximum absolute atomic E-state index is 12.1. The van der Waals surface area contributed by atoms with Crippen LogP contribution in [0.25, 0.3) is 5.69 Å². The van der Waals surface area contributed by atoms with E-state index in [2.05, 4.69) is 37.0 Å². The summed E-state index contributed by atoms with van der Waals surface area (Å²) in [4.78, 5) is 23.3. The molecule has 1 N–H and O–H groups in total. The smallest absolute Gasteiger partial charge is 0.360 e. The van der Waals surface area contributed by atoms with Gasteiger partial charge in [0, 0.05) is 20.7 Å². The Hall–Kier alpha value is -1.47. The largest absolute Gasteiger partial charge is 0.476 e. The molecule has 2 aromatic rings. The molecule has 0 bridgehead atoms. The molecule has 1 aromatic carbocycles. The van der Waals surface area contributed by atoms with Crippen molar-refractivity contribution < 1.29 is 9.90 Å². The third kappa shape index (κ3) is 3.24. The summed E-state index contributed by atoms with van der Waals surface area (Å²) in [5.74, 6) is -1.43. The molecule has 0 fully saturated rings. The van der Waals surface area contributed by atoms with Crippen LogP contribution in [0.3, 0.4) is 0 Å². The summed E-state index contributed by atoms with van der Waals surface area (Å²) in [6.45, 7) is 3.67. The highest BCUT2D eigenvalue weighted by atomic mass is 79.9. The van der Waals surface area contributed by atoms with Gasteiger partial charge in [-0.3, -0.25) is 4.79 Å². The Morgan fingerprint density at radius 3 is 2.52 bits per heavy atom. The molecule has 1 heterocycles. The SMILES string of the molecule is CC(C)c1cn(-c2ccc(Br)cc2Br)nc(C(=O)O)c1=O. The number of aromatic nitrogens is 2. The highest BCUT2D eigenvalue weighted by molar-refractivity contribution is 9.11. The lowest BCUT2D eigenvalue weighted by Crippen LogP contribution is -2.25. The van der Waals surface area contributed by atoms with Crippen molar-refractivity contribution in [2.45, 2.75) is 19.8 Å². The van der Waals surface area contributed by atoms with Gasteiger partial charge in [0.15, 0.2) is 0 Å². The molecular formula is C14H12Br2N2O3. The van der Waals surface area contributed by atoms with Gasteiger partial charge in [-0.2, -0.15) is 5.10 Å². The monoisotopic (exact) mass is 414 g/mol. The number of carbonyl (C=O) groups is 1. The van der Waals surface area contributed by atoms with E-state index in [-0.39, 0.29) is 5.92 Å². The van der Waals surface area contributed by atoms with Crippen molar-refractivity contribution in [2.24, 2.45) is 0 Å². The number of hydrogen-bond donors (Lipinski definition) is 1. The molecule has 0 aliphatic heterocycles. The van der Waals surface area contributed by atoms with Crippen LogP contribution in [0.2, 0.25) is 0 Å². The van der Waals surface area contributed by atoms with Crippen LogP contribution < -0.4 is 5.43 Å². The molecule has 0 aliphatic carbocycles. The van der Waals surface area contributed by atoms with Crippen molar-refractivity contribution in [2.75, 3.05) is 0 Å². The van der Waals surface area contributed by atoms with Crippen molar-refractivity contribution in [3.05, 3.63) is 54.8 Å². The summed E-state index contributed by atoms with van der Waals surface area (Å²) in [7, 11) is 0. The highest BCUT2D eigenvalue weighted by Crippen LogP contribution is 2.25. The van der Waals surface area contributed by atoms with E-state index in [1.807, 2.05) is 26.0 Å². The van der Waals surface area contributed by atoms with Crippen LogP contribution in [-0.4, -0.2) is 20.9 Å². The van der Waals surface area contributed by atoms with Gasteiger partial charge in [0.1, 0.15) is 0 Å². The first-order valence-electron chi connectivity index (χ1n) is 6.14. The minimum absolute atomic E-state index is 0.0981. The molecule has 1 aromatic heterocycles. The van der Waals surface area contributed by atoms with Gasteiger partial charge in [0.25, 0.3) is 0 Å². The lowest BCUT2D eigenvalue weighted by molar-refractivity contribution is 0.0686. The van der Waals surface area contributed by atoms with Gasteiger partial charge in [-0.1, -0.05) is 29.8 Å².